The van der Waals surface area contributed by atoms with Crippen LogP contribution in [0.3, 0.4) is 0 Å². The van der Waals surface area contributed by atoms with Crippen molar-refractivity contribution in [1.82, 2.24) is 10.2 Å². The van der Waals surface area contributed by atoms with Gasteiger partial charge in [0.05, 0.1) is 6.10 Å². The lowest BCUT2D eigenvalue weighted by molar-refractivity contribution is 0.113. The van der Waals surface area contributed by atoms with Crippen LogP contribution in [0.4, 0.5) is 5.69 Å². The average molecular weight is 305 g/mol. The standard InChI is InChI=1S/C16H23N3OS/c21-16(17-13-15-7-4-12-20-15)19-10-8-18(9-11-19)14-5-2-1-3-6-14/h1-3,5-6,15H,4,7-13H2,(H,17,21)/t15-/m1/s1. The van der Waals surface area contributed by atoms with Gasteiger partial charge in [0.2, 0.25) is 0 Å². The number of hydrogen-bond acceptors (Lipinski definition) is 3. The first-order valence-corrected chi connectivity index (χ1v) is 8.18. The molecule has 0 bridgehead atoms. The monoisotopic (exact) mass is 305 g/mol. The van der Waals surface area contributed by atoms with E-state index in [-0.39, 0.29) is 0 Å². The van der Waals surface area contributed by atoms with Crippen LogP contribution in [-0.4, -0.2) is 55.4 Å². The highest BCUT2D eigenvalue weighted by Gasteiger charge is 2.20. The lowest BCUT2D eigenvalue weighted by Crippen LogP contribution is -2.52. The largest absolute Gasteiger partial charge is 0.376 e. The van der Waals surface area contributed by atoms with E-state index in [1.54, 1.807) is 0 Å². The molecule has 114 valence electrons. The number of thiocarbonyl (C=S) groups is 1. The summed E-state index contributed by atoms with van der Waals surface area (Å²) in [7, 11) is 0. The van der Waals surface area contributed by atoms with Gasteiger partial charge in [0.15, 0.2) is 5.11 Å². The number of para-hydroxylation sites is 1. The van der Waals surface area contributed by atoms with Gasteiger partial charge in [0.25, 0.3) is 0 Å². The zero-order chi connectivity index (χ0) is 14.5. The molecule has 0 aromatic heterocycles. The van der Waals surface area contributed by atoms with Gasteiger partial charge in [0.1, 0.15) is 0 Å². The fourth-order valence-corrected chi connectivity index (χ4v) is 3.19. The molecular formula is C16H23N3OS. The van der Waals surface area contributed by atoms with Crippen LogP contribution in [0.1, 0.15) is 12.8 Å². The van der Waals surface area contributed by atoms with Crippen molar-refractivity contribution in [3.05, 3.63) is 30.3 Å². The van der Waals surface area contributed by atoms with E-state index in [9.17, 15) is 0 Å². The summed E-state index contributed by atoms with van der Waals surface area (Å²) >= 11 is 5.50. The van der Waals surface area contributed by atoms with E-state index < -0.39 is 0 Å². The van der Waals surface area contributed by atoms with E-state index in [1.165, 1.54) is 12.1 Å². The normalized spacial score (nSPS) is 22.4. The Hall–Kier alpha value is -1.33. The van der Waals surface area contributed by atoms with Crippen LogP contribution in [0.15, 0.2) is 30.3 Å². The van der Waals surface area contributed by atoms with E-state index in [2.05, 4.69) is 45.4 Å². The van der Waals surface area contributed by atoms with Gasteiger partial charge in [-0.25, -0.2) is 0 Å². The van der Waals surface area contributed by atoms with Crippen LogP contribution >= 0.6 is 12.2 Å². The third-order valence-electron chi connectivity index (χ3n) is 4.19. The number of anilines is 1. The van der Waals surface area contributed by atoms with Crippen LogP contribution in [0.2, 0.25) is 0 Å². The van der Waals surface area contributed by atoms with Crippen LogP contribution in [-0.2, 0) is 4.74 Å². The Morgan fingerprint density at radius 2 is 1.95 bits per heavy atom. The summed E-state index contributed by atoms with van der Waals surface area (Å²) < 4.78 is 5.62. The summed E-state index contributed by atoms with van der Waals surface area (Å²) in [5.41, 5.74) is 1.30. The van der Waals surface area contributed by atoms with E-state index in [4.69, 9.17) is 17.0 Å². The van der Waals surface area contributed by atoms with Crippen molar-refractivity contribution in [2.24, 2.45) is 0 Å². The third-order valence-corrected chi connectivity index (χ3v) is 4.60. The molecule has 21 heavy (non-hydrogen) atoms. The van der Waals surface area contributed by atoms with Crippen molar-refractivity contribution in [3.8, 4) is 0 Å². The van der Waals surface area contributed by atoms with Gasteiger partial charge < -0.3 is 19.9 Å². The molecule has 3 rings (SSSR count). The average Bonchev–Trinajstić information content (AvgIpc) is 3.07. The first kappa shape index (κ1) is 14.6. The SMILES string of the molecule is S=C(NC[C@H]1CCCO1)N1CCN(c2ccccc2)CC1. The number of ether oxygens (including phenoxy) is 1. The van der Waals surface area contributed by atoms with Crippen molar-refractivity contribution in [1.29, 1.82) is 0 Å². The maximum absolute atomic E-state index is 5.62. The highest BCUT2D eigenvalue weighted by atomic mass is 32.1. The summed E-state index contributed by atoms with van der Waals surface area (Å²) in [6.07, 6.45) is 2.67. The quantitative estimate of drug-likeness (QED) is 0.861. The number of piperazine rings is 1. The van der Waals surface area contributed by atoms with Crippen LogP contribution < -0.4 is 10.2 Å². The highest BCUT2D eigenvalue weighted by molar-refractivity contribution is 7.80. The van der Waals surface area contributed by atoms with Gasteiger partial charge in [-0.05, 0) is 37.2 Å². The number of rotatable bonds is 3. The second-order valence-electron chi connectivity index (χ2n) is 5.63. The Morgan fingerprint density at radius 3 is 2.62 bits per heavy atom. The number of hydrogen-bond donors (Lipinski definition) is 1. The molecule has 0 unspecified atom stereocenters. The van der Waals surface area contributed by atoms with Gasteiger partial charge in [-0.2, -0.15) is 0 Å². The summed E-state index contributed by atoms with van der Waals surface area (Å²) in [4.78, 5) is 4.68. The van der Waals surface area contributed by atoms with Gasteiger partial charge in [-0.1, -0.05) is 18.2 Å². The minimum Gasteiger partial charge on any atom is -0.376 e. The van der Waals surface area contributed by atoms with Crippen molar-refractivity contribution < 1.29 is 4.74 Å². The molecular weight excluding hydrogens is 282 g/mol. The first-order valence-electron chi connectivity index (χ1n) is 7.77. The predicted octanol–water partition coefficient (Wildman–Crippen LogP) is 1.86. The number of nitrogens with one attached hydrogen (secondary N) is 1. The Balaban J connectivity index is 1.43. The fraction of sp³-hybridized carbons (Fsp3) is 0.562. The molecule has 5 heteroatoms. The molecule has 2 fully saturated rings. The minimum absolute atomic E-state index is 0.341. The first-order chi connectivity index (χ1) is 10.3. The Labute approximate surface area is 132 Å². The Morgan fingerprint density at radius 1 is 1.19 bits per heavy atom. The molecule has 1 aromatic rings. The zero-order valence-corrected chi connectivity index (χ0v) is 13.1. The Bertz CT molecular complexity index is 454. The van der Waals surface area contributed by atoms with Crippen molar-refractivity contribution in [2.75, 3.05) is 44.2 Å². The molecule has 0 aliphatic carbocycles. The van der Waals surface area contributed by atoms with Crippen molar-refractivity contribution >= 4 is 23.0 Å². The second kappa shape index (κ2) is 7.09. The van der Waals surface area contributed by atoms with Crippen molar-refractivity contribution in [2.45, 2.75) is 18.9 Å². The molecule has 1 aromatic carbocycles. The molecule has 2 saturated heterocycles. The van der Waals surface area contributed by atoms with Crippen molar-refractivity contribution in [3.63, 3.8) is 0 Å². The summed E-state index contributed by atoms with van der Waals surface area (Å²) in [6.45, 7) is 5.74. The van der Waals surface area contributed by atoms with Gasteiger partial charge in [-0.3, -0.25) is 0 Å². The van der Waals surface area contributed by atoms with Gasteiger partial charge >= 0.3 is 0 Å². The zero-order valence-electron chi connectivity index (χ0n) is 12.3. The van der Waals surface area contributed by atoms with Crippen LogP contribution in [0, 0.1) is 0 Å². The molecule has 2 aliphatic heterocycles. The predicted molar refractivity (Wildman–Crippen MR) is 89.8 cm³/mol. The molecule has 2 aliphatic rings. The number of nitrogens with zero attached hydrogens (tertiary/aromatic N) is 2. The van der Waals surface area contributed by atoms with E-state index in [1.807, 2.05) is 0 Å². The molecule has 0 radical (unpaired) electrons. The molecule has 0 amide bonds. The Kier molecular flexibility index (Phi) is 4.93. The minimum atomic E-state index is 0.341. The highest BCUT2D eigenvalue weighted by Crippen LogP contribution is 2.16. The fourth-order valence-electron chi connectivity index (χ4n) is 2.92. The van der Waals surface area contributed by atoms with Crippen LogP contribution in [0.25, 0.3) is 0 Å². The van der Waals surface area contributed by atoms with E-state index >= 15 is 0 Å². The second-order valence-corrected chi connectivity index (χ2v) is 6.02. The van der Waals surface area contributed by atoms with E-state index in [0.29, 0.717) is 6.10 Å². The molecule has 4 nitrogen and oxygen atoms in total. The van der Waals surface area contributed by atoms with Crippen LogP contribution in [0.5, 0.6) is 0 Å². The van der Waals surface area contributed by atoms with E-state index in [0.717, 1.165) is 50.9 Å². The summed E-state index contributed by atoms with van der Waals surface area (Å²) in [5, 5.41) is 4.24. The molecule has 1 atom stereocenters. The number of benzene rings is 1. The summed E-state index contributed by atoms with van der Waals surface area (Å²) in [6, 6.07) is 10.6. The lowest BCUT2D eigenvalue weighted by Gasteiger charge is -2.37. The maximum atomic E-state index is 5.62. The smallest absolute Gasteiger partial charge is 0.169 e. The lowest BCUT2D eigenvalue weighted by atomic mass is 10.2. The molecule has 0 spiro atoms. The summed E-state index contributed by atoms with van der Waals surface area (Å²) in [5.74, 6) is 0. The molecule has 0 saturated carbocycles. The topological polar surface area (TPSA) is 27.7 Å². The third kappa shape index (κ3) is 3.86. The maximum Gasteiger partial charge on any atom is 0.169 e. The van der Waals surface area contributed by atoms with Gasteiger partial charge in [0, 0.05) is 45.0 Å². The molecule has 1 N–H and O–H groups in total. The molecule has 2 heterocycles. The van der Waals surface area contributed by atoms with Gasteiger partial charge in [-0.15, -0.1) is 0 Å².